The molecular weight excluding hydrogens is 160 g/mol. The van der Waals surface area contributed by atoms with Gasteiger partial charge in [0, 0.05) is 0 Å². The van der Waals surface area contributed by atoms with Crippen LogP contribution >= 0.6 is 0 Å². The molecule has 1 nitrogen and oxygen atoms in total. The van der Waals surface area contributed by atoms with Crippen LogP contribution in [0.2, 0.25) is 0 Å². The summed E-state index contributed by atoms with van der Waals surface area (Å²) >= 11 is 0. The molecule has 0 amide bonds. The van der Waals surface area contributed by atoms with Crippen LogP contribution in [0.1, 0.15) is 59.8 Å². The normalized spacial score (nSPS) is 17.9. The minimum atomic E-state index is 0.167. The minimum absolute atomic E-state index is 0.167. The first-order valence-corrected chi connectivity index (χ1v) is 5.51. The van der Waals surface area contributed by atoms with E-state index in [-0.39, 0.29) is 5.78 Å². The van der Waals surface area contributed by atoms with Crippen molar-refractivity contribution in [2.24, 2.45) is 11.8 Å². The van der Waals surface area contributed by atoms with Crippen LogP contribution in [0.15, 0.2) is 0 Å². The average Bonchev–Trinajstić information content (AvgIpc) is 2.05. The van der Waals surface area contributed by atoms with Gasteiger partial charge in [0.1, 0.15) is 5.78 Å². The maximum absolute atomic E-state index is 9.44. The monoisotopic (exact) mass is 184 g/mol. The molecule has 0 unspecified atom stereocenters. The van der Waals surface area contributed by atoms with Crippen molar-refractivity contribution in [3.05, 3.63) is 0 Å². The molecule has 1 fully saturated rings. The fourth-order valence-corrected chi connectivity index (χ4v) is 1.80. The van der Waals surface area contributed by atoms with E-state index in [2.05, 4.69) is 13.8 Å². The number of carbonyl (C=O) groups excluding carboxylic acids is 1. The Morgan fingerprint density at radius 3 is 1.69 bits per heavy atom. The zero-order valence-electron chi connectivity index (χ0n) is 9.60. The van der Waals surface area contributed by atoms with Gasteiger partial charge in [0.25, 0.3) is 0 Å². The zero-order chi connectivity index (χ0) is 10.3. The summed E-state index contributed by atoms with van der Waals surface area (Å²) in [6.07, 6.45) is 7.46. The Bertz CT molecular complexity index is 128. The summed E-state index contributed by atoms with van der Waals surface area (Å²) in [6, 6.07) is 0. The van der Waals surface area contributed by atoms with Crippen LogP contribution in [0.3, 0.4) is 0 Å². The van der Waals surface area contributed by atoms with Crippen molar-refractivity contribution in [1.29, 1.82) is 0 Å². The van der Waals surface area contributed by atoms with Gasteiger partial charge in [0.2, 0.25) is 0 Å². The lowest BCUT2D eigenvalue weighted by molar-refractivity contribution is -0.114. The SMILES string of the molecule is CC(C)=O.CC(C)C1CCCCC1. The smallest absolute Gasteiger partial charge is 0.126 e. The van der Waals surface area contributed by atoms with Gasteiger partial charge in [0.15, 0.2) is 0 Å². The highest BCUT2D eigenvalue weighted by Crippen LogP contribution is 2.29. The molecule has 1 rings (SSSR count). The van der Waals surface area contributed by atoms with Crippen molar-refractivity contribution in [2.75, 3.05) is 0 Å². The average molecular weight is 184 g/mol. The summed E-state index contributed by atoms with van der Waals surface area (Å²) in [5.41, 5.74) is 0. The predicted octanol–water partition coefficient (Wildman–Crippen LogP) is 3.82. The third-order valence-corrected chi connectivity index (χ3v) is 2.59. The molecule has 0 aromatic rings. The van der Waals surface area contributed by atoms with Crippen LogP contribution in [-0.2, 0) is 4.79 Å². The van der Waals surface area contributed by atoms with Gasteiger partial charge in [-0.25, -0.2) is 0 Å². The molecule has 1 saturated carbocycles. The molecule has 0 aromatic carbocycles. The number of Topliss-reactive ketones (excluding diaryl/α,β-unsaturated/α-hetero) is 1. The van der Waals surface area contributed by atoms with Crippen LogP contribution in [0.4, 0.5) is 0 Å². The van der Waals surface area contributed by atoms with Crippen LogP contribution in [0.5, 0.6) is 0 Å². The van der Waals surface area contributed by atoms with E-state index in [1.165, 1.54) is 46.0 Å². The number of ketones is 1. The van der Waals surface area contributed by atoms with Crippen molar-refractivity contribution in [3.63, 3.8) is 0 Å². The van der Waals surface area contributed by atoms with Gasteiger partial charge in [0.05, 0.1) is 0 Å². The van der Waals surface area contributed by atoms with E-state index in [1.807, 2.05) is 0 Å². The Balaban J connectivity index is 0.000000310. The fraction of sp³-hybridized carbons (Fsp3) is 0.917. The minimum Gasteiger partial charge on any atom is -0.300 e. The molecule has 0 bridgehead atoms. The number of rotatable bonds is 1. The van der Waals surface area contributed by atoms with Crippen molar-refractivity contribution in [3.8, 4) is 0 Å². The Hall–Kier alpha value is -0.330. The maximum atomic E-state index is 9.44. The van der Waals surface area contributed by atoms with Gasteiger partial charge in [-0.1, -0.05) is 46.0 Å². The van der Waals surface area contributed by atoms with E-state index in [0.29, 0.717) is 0 Å². The lowest BCUT2D eigenvalue weighted by atomic mass is 9.82. The van der Waals surface area contributed by atoms with Crippen LogP contribution < -0.4 is 0 Å². The molecule has 0 radical (unpaired) electrons. The summed E-state index contributed by atoms with van der Waals surface area (Å²) in [6.45, 7) is 7.77. The van der Waals surface area contributed by atoms with E-state index >= 15 is 0 Å². The first-order valence-electron chi connectivity index (χ1n) is 5.51. The molecule has 0 heterocycles. The van der Waals surface area contributed by atoms with Crippen molar-refractivity contribution in [2.45, 2.75) is 59.8 Å². The molecule has 78 valence electrons. The molecule has 0 aromatic heterocycles. The summed E-state index contributed by atoms with van der Waals surface area (Å²) in [5, 5.41) is 0. The van der Waals surface area contributed by atoms with Crippen LogP contribution in [-0.4, -0.2) is 5.78 Å². The van der Waals surface area contributed by atoms with Crippen molar-refractivity contribution >= 4 is 5.78 Å². The highest BCUT2D eigenvalue weighted by Gasteiger charge is 2.15. The van der Waals surface area contributed by atoms with Gasteiger partial charge in [-0.15, -0.1) is 0 Å². The zero-order valence-corrected chi connectivity index (χ0v) is 9.60. The molecule has 1 aliphatic carbocycles. The van der Waals surface area contributed by atoms with E-state index < -0.39 is 0 Å². The molecule has 0 atom stereocenters. The lowest BCUT2D eigenvalue weighted by Crippen LogP contribution is -2.12. The first kappa shape index (κ1) is 12.7. The van der Waals surface area contributed by atoms with Gasteiger partial charge in [-0.3, -0.25) is 0 Å². The molecule has 13 heavy (non-hydrogen) atoms. The largest absolute Gasteiger partial charge is 0.300 e. The van der Waals surface area contributed by atoms with E-state index in [9.17, 15) is 4.79 Å². The Labute approximate surface area is 82.9 Å². The first-order chi connectivity index (χ1) is 6.04. The Morgan fingerprint density at radius 1 is 1.08 bits per heavy atom. The molecule has 0 spiro atoms. The van der Waals surface area contributed by atoms with Crippen molar-refractivity contribution in [1.82, 2.24) is 0 Å². The number of hydrogen-bond acceptors (Lipinski definition) is 1. The molecule has 0 saturated heterocycles. The third-order valence-electron chi connectivity index (χ3n) is 2.59. The predicted molar refractivity (Wildman–Crippen MR) is 57.8 cm³/mol. The molecule has 1 heteroatoms. The van der Waals surface area contributed by atoms with Gasteiger partial charge < -0.3 is 4.79 Å². The summed E-state index contributed by atoms with van der Waals surface area (Å²) in [7, 11) is 0. The molecule has 1 aliphatic rings. The second kappa shape index (κ2) is 7.11. The van der Waals surface area contributed by atoms with Crippen molar-refractivity contribution < 1.29 is 4.79 Å². The Morgan fingerprint density at radius 2 is 1.46 bits per heavy atom. The van der Waals surface area contributed by atoms with Gasteiger partial charge >= 0.3 is 0 Å². The van der Waals surface area contributed by atoms with E-state index in [4.69, 9.17) is 0 Å². The number of hydrogen-bond donors (Lipinski definition) is 0. The van der Waals surface area contributed by atoms with Gasteiger partial charge in [-0.2, -0.15) is 0 Å². The highest BCUT2D eigenvalue weighted by atomic mass is 16.1. The lowest BCUT2D eigenvalue weighted by Gasteiger charge is -2.24. The third kappa shape index (κ3) is 8.01. The number of carbonyl (C=O) groups is 1. The van der Waals surface area contributed by atoms with E-state index in [1.54, 1.807) is 0 Å². The highest BCUT2D eigenvalue weighted by molar-refractivity contribution is 5.72. The standard InChI is InChI=1S/C9H18.C3H6O/c1-8(2)9-6-4-3-5-7-9;1-3(2)4/h8-9H,3-7H2,1-2H3;1-2H3. The fourth-order valence-electron chi connectivity index (χ4n) is 1.80. The molecular formula is C12H24O. The Kier molecular flexibility index (Phi) is 6.93. The van der Waals surface area contributed by atoms with E-state index in [0.717, 1.165) is 11.8 Å². The second-order valence-corrected chi connectivity index (χ2v) is 4.55. The molecule has 0 aliphatic heterocycles. The topological polar surface area (TPSA) is 17.1 Å². The molecule has 0 N–H and O–H groups in total. The maximum Gasteiger partial charge on any atom is 0.126 e. The quantitative estimate of drug-likeness (QED) is 0.605. The summed E-state index contributed by atoms with van der Waals surface area (Å²) in [5.74, 6) is 2.16. The second-order valence-electron chi connectivity index (χ2n) is 4.55. The summed E-state index contributed by atoms with van der Waals surface area (Å²) < 4.78 is 0. The van der Waals surface area contributed by atoms with Crippen LogP contribution in [0.25, 0.3) is 0 Å². The van der Waals surface area contributed by atoms with Crippen LogP contribution in [0, 0.1) is 11.8 Å². The summed E-state index contributed by atoms with van der Waals surface area (Å²) in [4.78, 5) is 9.44. The van der Waals surface area contributed by atoms with Gasteiger partial charge in [-0.05, 0) is 25.7 Å².